The number of ether oxygens (including phenoxy) is 1. The molecule has 0 amide bonds. The van der Waals surface area contributed by atoms with Gasteiger partial charge in [0.25, 0.3) is 0 Å². The SMILES string of the molecule is Cc1cnc(Oc2cc(C)c(-c3csc(N)n3)c(C)c2)nc1. The number of anilines is 1. The number of thiazole rings is 1. The van der Waals surface area contributed by atoms with Gasteiger partial charge >= 0.3 is 6.01 Å². The van der Waals surface area contributed by atoms with Gasteiger partial charge in [-0.3, -0.25) is 0 Å². The summed E-state index contributed by atoms with van der Waals surface area (Å²) < 4.78 is 5.73. The minimum absolute atomic E-state index is 0.343. The van der Waals surface area contributed by atoms with Crippen LogP contribution in [0.4, 0.5) is 5.13 Å². The second-order valence-electron chi connectivity index (χ2n) is 5.15. The third-order valence-corrected chi connectivity index (χ3v) is 3.92. The lowest BCUT2D eigenvalue weighted by atomic mass is 10.0. The summed E-state index contributed by atoms with van der Waals surface area (Å²) in [5, 5.41) is 2.54. The van der Waals surface area contributed by atoms with Crippen molar-refractivity contribution in [1.29, 1.82) is 0 Å². The first-order valence-electron chi connectivity index (χ1n) is 6.82. The molecule has 2 N–H and O–H groups in total. The quantitative estimate of drug-likeness (QED) is 0.794. The minimum Gasteiger partial charge on any atom is -0.424 e. The molecule has 0 aliphatic carbocycles. The zero-order chi connectivity index (χ0) is 15.7. The van der Waals surface area contributed by atoms with Gasteiger partial charge in [-0.25, -0.2) is 15.0 Å². The Balaban J connectivity index is 1.93. The van der Waals surface area contributed by atoms with Crippen LogP contribution in [0.3, 0.4) is 0 Å². The van der Waals surface area contributed by atoms with Gasteiger partial charge in [0.05, 0.1) is 5.69 Å². The molecule has 2 aromatic heterocycles. The van der Waals surface area contributed by atoms with Crippen molar-refractivity contribution in [1.82, 2.24) is 15.0 Å². The summed E-state index contributed by atoms with van der Waals surface area (Å²) in [6.45, 7) is 5.99. The summed E-state index contributed by atoms with van der Waals surface area (Å²) in [6, 6.07) is 4.26. The Kier molecular flexibility index (Phi) is 3.77. The van der Waals surface area contributed by atoms with Gasteiger partial charge in [-0.05, 0) is 49.6 Å². The van der Waals surface area contributed by atoms with Crippen LogP contribution in [0.2, 0.25) is 0 Å². The topological polar surface area (TPSA) is 73.9 Å². The van der Waals surface area contributed by atoms with E-state index >= 15 is 0 Å². The van der Waals surface area contributed by atoms with Crippen LogP contribution in [0.1, 0.15) is 16.7 Å². The van der Waals surface area contributed by atoms with E-state index in [0.717, 1.165) is 27.9 Å². The van der Waals surface area contributed by atoms with Crippen LogP contribution in [0.5, 0.6) is 11.8 Å². The third-order valence-electron chi connectivity index (χ3n) is 3.25. The van der Waals surface area contributed by atoms with E-state index in [1.165, 1.54) is 11.3 Å². The summed E-state index contributed by atoms with van der Waals surface area (Å²) in [7, 11) is 0. The van der Waals surface area contributed by atoms with E-state index in [4.69, 9.17) is 10.5 Å². The second-order valence-corrected chi connectivity index (χ2v) is 6.04. The third kappa shape index (κ3) is 2.92. The highest BCUT2D eigenvalue weighted by Crippen LogP contribution is 2.33. The summed E-state index contributed by atoms with van der Waals surface area (Å²) in [6.07, 6.45) is 3.46. The highest BCUT2D eigenvalue weighted by atomic mass is 32.1. The highest BCUT2D eigenvalue weighted by molar-refractivity contribution is 7.13. The molecular weight excluding hydrogens is 296 g/mol. The standard InChI is InChI=1S/C16H16N4OS/c1-9-6-18-16(19-7-9)21-12-4-10(2)14(11(3)5-12)13-8-22-15(17)20-13/h4-8H,1-3H3,(H2,17,20). The van der Waals surface area contributed by atoms with E-state index in [1.807, 2.05) is 38.3 Å². The van der Waals surface area contributed by atoms with Crippen molar-refractivity contribution >= 4 is 16.5 Å². The molecule has 0 saturated carbocycles. The fourth-order valence-corrected chi connectivity index (χ4v) is 2.88. The van der Waals surface area contributed by atoms with Crippen molar-refractivity contribution in [3.05, 3.63) is 46.6 Å². The number of hydrogen-bond acceptors (Lipinski definition) is 6. The molecule has 0 spiro atoms. The maximum Gasteiger partial charge on any atom is 0.321 e. The first-order valence-corrected chi connectivity index (χ1v) is 7.70. The van der Waals surface area contributed by atoms with Crippen LogP contribution in [-0.2, 0) is 0 Å². The van der Waals surface area contributed by atoms with Gasteiger partial charge in [0.2, 0.25) is 0 Å². The lowest BCUT2D eigenvalue weighted by Gasteiger charge is -2.11. The van der Waals surface area contributed by atoms with Crippen molar-refractivity contribution < 1.29 is 4.74 Å². The molecule has 3 rings (SSSR count). The first kappa shape index (κ1) is 14.5. The van der Waals surface area contributed by atoms with E-state index < -0.39 is 0 Å². The molecule has 22 heavy (non-hydrogen) atoms. The van der Waals surface area contributed by atoms with E-state index in [0.29, 0.717) is 16.9 Å². The molecule has 0 aliphatic heterocycles. The van der Waals surface area contributed by atoms with Crippen LogP contribution in [0.15, 0.2) is 29.9 Å². The highest BCUT2D eigenvalue weighted by Gasteiger charge is 2.12. The summed E-state index contributed by atoms with van der Waals surface area (Å²) in [4.78, 5) is 12.7. The Morgan fingerprint density at radius 3 is 2.23 bits per heavy atom. The van der Waals surface area contributed by atoms with E-state index in [9.17, 15) is 0 Å². The number of aryl methyl sites for hydroxylation is 3. The molecule has 1 aromatic carbocycles. The number of aromatic nitrogens is 3. The Hall–Kier alpha value is -2.47. The van der Waals surface area contributed by atoms with Gasteiger partial charge in [-0.2, -0.15) is 0 Å². The summed E-state index contributed by atoms with van der Waals surface area (Å²) in [5.74, 6) is 0.714. The molecular formula is C16H16N4OS. The zero-order valence-electron chi connectivity index (χ0n) is 12.6. The Labute approximate surface area is 132 Å². The van der Waals surface area contributed by atoms with Gasteiger partial charge in [-0.1, -0.05) is 0 Å². The number of nitrogen functional groups attached to an aromatic ring is 1. The fourth-order valence-electron chi connectivity index (χ4n) is 2.33. The Morgan fingerprint density at radius 2 is 1.68 bits per heavy atom. The second kappa shape index (κ2) is 5.73. The van der Waals surface area contributed by atoms with Crippen LogP contribution in [0, 0.1) is 20.8 Å². The summed E-state index contributed by atoms with van der Waals surface area (Å²) >= 11 is 1.44. The first-order chi connectivity index (χ1) is 10.5. The number of nitrogens with two attached hydrogens (primary N) is 1. The van der Waals surface area contributed by atoms with E-state index in [1.54, 1.807) is 12.4 Å². The van der Waals surface area contributed by atoms with Crippen LogP contribution in [0.25, 0.3) is 11.3 Å². The minimum atomic E-state index is 0.343. The van der Waals surface area contributed by atoms with Gasteiger partial charge in [-0.15, -0.1) is 11.3 Å². The lowest BCUT2D eigenvalue weighted by Crippen LogP contribution is -1.95. The molecule has 2 heterocycles. The van der Waals surface area contributed by atoms with E-state index in [-0.39, 0.29) is 0 Å². The van der Waals surface area contributed by atoms with Crippen molar-refractivity contribution in [2.75, 3.05) is 5.73 Å². The van der Waals surface area contributed by atoms with Gasteiger partial charge < -0.3 is 10.5 Å². The average Bonchev–Trinajstić information content (AvgIpc) is 2.87. The van der Waals surface area contributed by atoms with Crippen LogP contribution < -0.4 is 10.5 Å². The maximum atomic E-state index is 5.73. The van der Waals surface area contributed by atoms with Gasteiger partial charge in [0.1, 0.15) is 5.75 Å². The predicted molar refractivity (Wildman–Crippen MR) is 88.3 cm³/mol. The predicted octanol–water partition coefficient (Wildman–Crippen LogP) is 3.90. The Bertz CT molecular complexity index is 788. The van der Waals surface area contributed by atoms with Crippen LogP contribution in [-0.4, -0.2) is 15.0 Å². The molecule has 0 unspecified atom stereocenters. The van der Waals surface area contributed by atoms with Crippen LogP contribution >= 0.6 is 11.3 Å². The average molecular weight is 312 g/mol. The van der Waals surface area contributed by atoms with Gasteiger partial charge in [0, 0.05) is 23.3 Å². The maximum absolute atomic E-state index is 5.73. The lowest BCUT2D eigenvalue weighted by molar-refractivity contribution is 0.440. The molecule has 112 valence electrons. The van der Waals surface area contributed by atoms with Crippen molar-refractivity contribution in [2.45, 2.75) is 20.8 Å². The normalized spacial score (nSPS) is 10.7. The smallest absolute Gasteiger partial charge is 0.321 e. The van der Waals surface area contributed by atoms with Crippen molar-refractivity contribution in [2.24, 2.45) is 0 Å². The fraction of sp³-hybridized carbons (Fsp3) is 0.188. The van der Waals surface area contributed by atoms with Crippen molar-refractivity contribution in [3.63, 3.8) is 0 Å². The van der Waals surface area contributed by atoms with Crippen molar-refractivity contribution in [3.8, 4) is 23.0 Å². The van der Waals surface area contributed by atoms with E-state index in [2.05, 4.69) is 15.0 Å². The number of hydrogen-bond donors (Lipinski definition) is 1. The number of benzene rings is 1. The largest absolute Gasteiger partial charge is 0.424 e. The number of rotatable bonds is 3. The molecule has 0 bridgehead atoms. The zero-order valence-corrected chi connectivity index (χ0v) is 13.4. The molecule has 3 aromatic rings. The molecule has 0 aliphatic rings. The molecule has 6 heteroatoms. The molecule has 5 nitrogen and oxygen atoms in total. The van der Waals surface area contributed by atoms with Gasteiger partial charge in [0.15, 0.2) is 5.13 Å². The molecule has 0 fully saturated rings. The summed E-state index contributed by atoms with van der Waals surface area (Å²) in [5.41, 5.74) is 10.9. The Morgan fingerprint density at radius 1 is 1.05 bits per heavy atom. The number of nitrogens with zero attached hydrogens (tertiary/aromatic N) is 3. The monoisotopic (exact) mass is 312 g/mol. The molecule has 0 radical (unpaired) electrons. The molecule has 0 atom stereocenters. The molecule has 0 saturated heterocycles.